The molecule has 0 fully saturated rings. The number of carbonyl (C=O) groups excluding carboxylic acids is 2. The van der Waals surface area contributed by atoms with E-state index in [0.717, 1.165) is 18.4 Å². The first kappa shape index (κ1) is 30.3. The van der Waals surface area contributed by atoms with Crippen LogP contribution in [0.15, 0.2) is 54.6 Å². The summed E-state index contributed by atoms with van der Waals surface area (Å²) in [6, 6.07) is 13.4. The highest BCUT2D eigenvalue weighted by Crippen LogP contribution is 2.40. The Bertz CT molecular complexity index is 1340. The van der Waals surface area contributed by atoms with Crippen molar-refractivity contribution in [1.29, 1.82) is 0 Å². The SMILES string of the molecule is CCC(CC(C)C(C)c1cc(-c2cc(C(N)=O)ccc2F)ccc1N(C)C(=O)c1c(F)cccc1Cl)C(C)C. The summed E-state index contributed by atoms with van der Waals surface area (Å²) in [5, 5.41) is 0.0273. The minimum Gasteiger partial charge on any atom is -0.366 e. The minimum atomic E-state index is -0.702. The molecule has 208 valence electrons. The zero-order chi connectivity index (χ0) is 29.0. The molecule has 7 heteroatoms. The Kier molecular flexibility index (Phi) is 9.89. The average Bonchev–Trinajstić information content (AvgIpc) is 2.90. The molecule has 2 N–H and O–H groups in total. The number of hydrogen-bond donors (Lipinski definition) is 1. The van der Waals surface area contributed by atoms with E-state index in [1.165, 1.54) is 41.3 Å². The third kappa shape index (κ3) is 6.67. The standard InChI is InChI=1S/C32H37ClF2N2O2/c1-7-21(18(2)3)15-19(4)20(5)24-16-22(25-17-23(31(36)38)11-13-27(25)34)12-14-29(24)37(6)32(39)30-26(33)9-8-10-28(30)35/h8-14,16-21H,7,15H2,1-6H3,(H2,36,38). The van der Waals surface area contributed by atoms with Crippen molar-refractivity contribution in [2.75, 3.05) is 11.9 Å². The molecule has 0 heterocycles. The molecule has 0 aliphatic carbocycles. The zero-order valence-electron chi connectivity index (χ0n) is 23.4. The number of rotatable bonds is 10. The van der Waals surface area contributed by atoms with Crippen LogP contribution in [0.4, 0.5) is 14.5 Å². The van der Waals surface area contributed by atoms with Gasteiger partial charge in [0.05, 0.1) is 10.6 Å². The maximum Gasteiger partial charge on any atom is 0.262 e. The Labute approximate surface area is 235 Å². The summed E-state index contributed by atoms with van der Waals surface area (Å²) in [5.74, 6) is -1.18. The number of primary amides is 1. The van der Waals surface area contributed by atoms with Gasteiger partial charge in [0.25, 0.3) is 5.91 Å². The van der Waals surface area contributed by atoms with Crippen LogP contribution in [-0.2, 0) is 0 Å². The molecular formula is C32H37ClF2N2O2. The maximum absolute atomic E-state index is 14.9. The number of carbonyl (C=O) groups is 2. The Morgan fingerprint density at radius 2 is 1.67 bits per heavy atom. The third-order valence-corrected chi connectivity index (χ3v) is 8.23. The predicted octanol–water partition coefficient (Wildman–Crippen LogP) is 8.47. The smallest absolute Gasteiger partial charge is 0.262 e. The quantitative estimate of drug-likeness (QED) is 0.273. The fraction of sp³-hybridized carbons (Fsp3) is 0.375. The fourth-order valence-electron chi connectivity index (χ4n) is 5.17. The molecule has 3 aromatic carbocycles. The number of halogens is 3. The van der Waals surface area contributed by atoms with Gasteiger partial charge in [-0.05, 0) is 83.7 Å². The number of benzene rings is 3. The second-order valence-corrected chi connectivity index (χ2v) is 11.1. The molecule has 0 aromatic heterocycles. The van der Waals surface area contributed by atoms with Gasteiger partial charge >= 0.3 is 0 Å². The first-order valence-electron chi connectivity index (χ1n) is 13.3. The van der Waals surface area contributed by atoms with Gasteiger partial charge in [0.2, 0.25) is 5.91 Å². The molecule has 39 heavy (non-hydrogen) atoms. The highest BCUT2D eigenvalue weighted by Gasteiger charge is 2.27. The number of hydrogen-bond acceptors (Lipinski definition) is 2. The topological polar surface area (TPSA) is 63.4 Å². The Morgan fingerprint density at radius 3 is 2.26 bits per heavy atom. The summed E-state index contributed by atoms with van der Waals surface area (Å²) in [6.07, 6.45) is 2.03. The molecule has 0 aliphatic rings. The van der Waals surface area contributed by atoms with Crippen LogP contribution in [0.1, 0.15) is 79.7 Å². The second-order valence-electron chi connectivity index (χ2n) is 10.7. The van der Waals surface area contributed by atoms with Crippen LogP contribution < -0.4 is 10.6 Å². The largest absolute Gasteiger partial charge is 0.366 e. The number of nitrogens with two attached hydrogens (primary N) is 1. The molecule has 3 atom stereocenters. The first-order chi connectivity index (χ1) is 18.4. The average molecular weight is 555 g/mol. The summed E-state index contributed by atoms with van der Waals surface area (Å²) in [5.41, 5.74) is 7.61. The van der Waals surface area contributed by atoms with Crippen molar-refractivity contribution in [3.8, 4) is 11.1 Å². The highest BCUT2D eigenvalue weighted by molar-refractivity contribution is 6.34. The first-order valence-corrected chi connectivity index (χ1v) is 13.7. The molecule has 3 aromatic rings. The summed E-state index contributed by atoms with van der Waals surface area (Å²) in [7, 11) is 1.58. The van der Waals surface area contributed by atoms with E-state index >= 15 is 0 Å². The van der Waals surface area contributed by atoms with Crippen LogP contribution in [0.5, 0.6) is 0 Å². The normalized spacial score (nSPS) is 13.7. The van der Waals surface area contributed by atoms with Crippen LogP contribution in [0.25, 0.3) is 11.1 Å². The van der Waals surface area contributed by atoms with E-state index in [1.807, 2.05) is 6.07 Å². The molecule has 0 aliphatic heterocycles. The molecule has 3 unspecified atom stereocenters. The molecule has 2 amide bonds. The van der Waals surface area contributed by atoms with Crippen molar-refractivity contribution < 1.29 is 18.4 Å². The van der Waals surface area contributed by atoms with Gasteiger partial charge in [-0.2, -0.15) is 0 Å². The Morgan fingerprint density at radius 1 is 0.974 bits per heavy atom. The van der Waals surface area contributed by atoms with Crippen molar-refractivity contribution in [3.05, 3.63) is 87.9 Å². The van der Waals surface area contributed by atoms with E-state index in [-0.39, 0.29) is 33.5 Å². The van der Waals surface area contributed by atoms with Crippen molar-refractivity contribution >= 4 is 29.1 Å². The maximum atomic E-state index is 14.9. The molecule has 4 nitrogen and oxygen atoms in total. The molecule has 0 bridgehead atoms. The van der Waals surface area contributed by atoms with Crippen molar-refractivity contribution in [2.24, 2.45) is 23.5 Å². The van der Waals surface area contributed by atoms with Gasteiger partial charge in [0.15, 0.2) is 0 Å². The molecular weight excluding hydrogens is 518 g/mol. The van der Waals surface area contributed by atoms with Crippen LogP contribution in [0.3, 0.4) is 0 Å². The molecule has 0 spiro atoms. The van der Waals surface area contributed by atoms with E-state index < -0.39 is 23.4 Å². The van der Waals surface area contributed by atoms with Crippen LogP contribution in [0, 0.1) is 29.4 Å². The lowest BCUT2D eigenvalue weighted by atomic mass is 9.77. The molecule has 0 saturated heterocycles. The monoisotopic (exact) mass is 554 g/mol. The van der Waals surface area contributed by atoms with Crippen LogP contribution in [-0.4, -0.2) is 18.9 Å². The minimum absolute atomic E-state index is 0.0264. The third-order valence-electron chi connectivity index (χ3n) is 7.92. The second kappa shape index (κ2) is 12.7. The molecule has 0 radical (unpaired) electrons. The summed E-state index contributed by atoms with van der Waals surface area (Å²) < 4.78 is 29.6. The highest BCUT2D eigenvalue weighted by atomic mass is 35.5. The van der Waals surface area contributed by atoms with E-state index in [0.29, 0.717) is 23.1 Å². The Hall–Kier alpha value is -3.25. The number of nitrogens with zero attached hydrogens (tertiary/aromatic N) is 1. The molecule has 3 rings (SSSR count). The van der Waals surface area contributed by atoms with Gasteiger partial charge in [0, 0.05) is 23.9 Å². The lowest BCUT2D eigenvalue weighted by Gasteiger charge is -2.31. The summed E-state index contributed by atoms with van der Waals surface area (Å²) >= 11 is 6.21. The van der Waals surface area contributed by atoms with Gasteiger partial charge in [0.1, 0.15) is 11.6 Å². The predicted molar refractivity (Wildman–Crippen MR) is 155 cm³/mol. The van der Waals surface area contributed by atoms with E-state index in [9.17, 15) is 18.4 Å². The lowest BCUT2D eigenvalue weighted by Crippen LogP contribution is -2.29. The van der Waals surface area contributed by atoms with E-state index in [1.54, 1.807) is 19.2 Å². The lowest BCUT2D eigenvalue weighted by molar-refractivity contribution is 0.0984. The zero-order valence-corrected chi connectivity index (χ0v) is 24.2. The summed E-state index contributed by atoms with van der Waals surface area (Å²) in [6.45, 7) is 10.9. The van der Waals surface area contributed by atoms with E-state index in [2.05, 4.69) is 34.6 Å². The van der Waals surface area contributed by atoms with Crippen LogP contribution in [0.2, 0.25) is 5.02 Å². The van der Waals surface area contributed by atoms with Gasteiger partial charge in [-0.3, -0.25) is 9.59 Å². The van der Waals surface area contributed by atoms with Gasteiger partial charge in [-0.1, -0.05) is 64.8 Å². The Balaban J connectivity index is 2.15. The number of amides is 2. The van der Waals surface area contributed by atoms with Crippen molar-refractivity contribution in [2.45, 2.75) is 53.4 Å². The summed E-state index contributed by atoms with van der Waals surface area (Å²) in [4.78, 5) is 26.6. The van der Waals surface area contributed by atoms with Gasteiger partial charge < -0.3 is 10.6 Å². The van der Waals surface area contributed by atoms with Crippen LogP contribution >= 0.6 is 11.6 Å². The number of anilines is 1. The van der Waals surface area contributed by atoms with E-state index in [4.69, 9.17) is 17.3 Å². The van der Waals surface area contributed by atoms with Crippen molar-refractivity contribution in [1.82, 2.24) is 0 Å². The fourth-order valence-corrected chi connectivity index (χ4v) is 5.41. The van der Waals surface area contributed by atoms with Crippen molar-refractivity contribution in [3.63, 3.8) is 0 Å². The molecule has 0 saturated carbocycles. The van der Waals surface area contributed by atoms with Gasteiger partial charge in [-0.25, -0.2) is 8.78 Å². The van der Waals surface area contributed by atoms with Gasteiger partial charge in [-0.15, -0.1) is 0 Å².